The van der Waals surface area contributed by atoms with E-state index in [9.17, 15) is 9.18 Å². The lowest BCUT2D eigenvalue weighted by Gasteiger charge is -2.12. The van der Waals surface area contributed by atoms with E-state index in [0.29, 0.717) is 11.3 Å². The Bertz CT molecular complexity index is 490. The smallest absolute Gasteiger partial charge is 0.341 e. The zero-order valence-corrected chi connectivity index (χ0v) is 11.1. The van der Waals surface area contributed by atoms with Crippen LogP contribution in [0.4, 0.5) is 10.1 Å². The quantitative estimate of drug-likeness (QED) is 0.675. The van der Waals surface area contributed by atoms with Crippen LogP contribution < -0.4 is 5.73 Å². The third-order valence-electron chi connectivity index (χ3n) is 3.22. The third kappa shape index (κ3) is 3.23. The Labute approximate surface area is 111 Å². The van der Waals surface area contributed by atoms with Gasteiger partial charge in [-0.15, -0.1) is 0 Å². The molecule has 0 aliphatic carbocycles. The molecule has 1 aliphatic rings. The first kappa shape index (κ1) is 13.8. The van der Waals surface area contributed by atoms with Crippen LogP contribution in [0.3, 0.4) is 0 Å². The van der Waals surface area contributed by atoms with Crippen molar-refractivity contribution in [2.45, 2.75) is 38.9 Å². The molecule has 1 fully saturated rings. The topological polar surface area (TPSA) is 61.6 Å². The summed E-state index contributed by atoms with van der Waals surface area (Å²) >= 11 is 0. The molecule has 104 valence electrons. The number of hydrogen-bond donors (Lipinski definition) is 1. The van der Waals surface area contributed by atoms with Crippen LogP contribution in [0.5, 0.6) is 0 Å². The molecular formula is C14H18FNO3. The van der Waals surface area contributed by atoms with Crippen molar-refractivity contribution in [1.29, 1.82) is 0 Å². The van der Waals surface area contributed by atoms with Crippen LogP contribution in [0.1, 0.15) is 35.7 Å². The fourth-order valence-corrected chi connectivity index (χ4v) is 2.20. The molecule has 1 heterocycles. The highest BCUT2D eigenvalue weighted by Crippen LogP contribution is 2.21. The predicted molar refractivity (Wildman–Crippen MR) is 69.4 cm³/mol. The van der Waals surface area contributed by atoms with Crippen LogP contribution >= 0.6 is 0 Å². The summed E-state index contributed by atoms with van der Waals surface area (Å²) in [5, 5.41) is 0. The van der Waals surface area contributed by atoms with Gasteiger partial charge in [-0.3, -0.25) is 0 Å². The molecule has 0 amide bonds. The van der Waals surface area contributed by atoms with E-state index in [1.165, 1.54) is 12.1 Å². The number of rotatable bonds is 3. The molecule has 0 radical (unpaired) electrons. The number of halogens is 1. The van der Waals surface area contributed by atoms with Crippen molar-refractivity contribution in [3.8, 4) is 0 Å². The molecule has 1 aromatic rings. The van der Waals surface area contributed by atoms with Gasteiger partial charge in [0, 0.05) is 5.69 Å². The molecule has 2 rings (SSSR count). The number of ether oxygens (including phenoxy) is 2. The standard InChI is InChI=1S/C14H18FNO3/c1-8-5-10(16)6-12(13(8)15)14(17)18-7-11-4-3-9(2)19-11/h5-6,9,11H,3-4,7,16H2,1-2H3. The van der Waals surface area contributed by atoms with E-state index in [1.807, 2.05) is 6.92 Å². The first-order valence-electron chi connectivity index (χ1n) is 6.35. The van der Waals surface area contributed by atoms with Crippen LogP contribution in [0, 0.1) is 12.7 Å². The van der Waals surface area contributed by atoms with E-state index in [4.69, 9.17) is 15.2 Å². The van der Waals surface area contributed by atoms with Crippen molar-refractivity contribution in [1.82, 2.24) is 0 Å². The van der Waals surface area contributed by atoms with Crippen molar-refractivity contribution in [3.05, 3.63) is 29.1 Å². The molecule has 1 aromatic carbocycles. The van der Waals surface area contributed by atoms with Gasteiger partial charge < -0.3 is 15.2 Å². The highest BCUT2D eigenvalue weighted by atomic mass is 19.1. The van der Waals surface area contributed by atoms with E-state index in [0.717, 1.165) is 12.8 Å². The Morgan fingerprint density at radius 1 is 1.53 bits per heavy atom. The van der Waals surface area contributed by atoms with Gasteiger partial charge in [-0.1, -0.05) is 0 Å². The van der Waals surface area contributed by atoms with Crippen molar-refractivity contribution in [2.24, 2.45) is 0 Å². The molecule has 1 aliphatic heterocycles. The van der Waals surface area contributed by atoms with E-state index >= 15 is 0 Å². The maximum Gasteiger partial charge on any atom is 0.341 e. The maximum atomic E-state index is 13.8. The van der Waals surface area contributed by atoms with Crippen LogP contribution in [0.15, 0.2) is 12.1 Å². The molecule has 19 heavy (non-hydrogen) atoms. The van der Waals surface area contributed by atoms with E-state index in [-0.39, 0.29) is 24.4 Å². The molecule has 0 saturated carbocycles. The number of hydrogen-bond acceptors (Lipinski definition) is 4. The molecule has 4 nitrogen and oxygen atoms in total. The van der Waals surface area contributed by atoms with Gasteiger partial charge in [0.1, 0.15) is 12.4 Å². The molecule has 2 N–H and O–H groups in total. The predicted octanol–water partition coefficient (Wildman–Crippen LogP) is 2.44. The largest absolute Gasteiger partial charge is 0.459 e. The van der Waals surface area contributed by atoms with Crippen LogP contribution in [0.2, 0.25) is 0 Å². The van der Waals surface area contributed by atoms with Gasteiger partial charge in [-0.25, -0.2) is 9.18 Å². The Balaban J connectivity index is 2.00. The number of aryl methyl sites for hydroxylation is 1. The number of nitrogens with two attached hydrogens (primary N) is 1. The van der Waals surface area contributed by atoms with Gasteiger partial charge in [0.2, 0.25) is 0 Å². The molecule has 2 unspecified atom stereocenters. The number of carbonyl (C=O) groups excluding carboxylic acids is 1. The van der Waals surface area contributed by atoms with Crippen LogP contribution in [0.25, 0.3) is 0 Å². The number of anilines is 1. The van der Waals surface area contributed by atoms with Crippen molar-refractivity contribution in [3.63, 3.8) is 0 Å². The normalized spacial score (nSPS) is 22.5. The summed E-state index contributed by atoms with van der Waals surface area (Å²) in [6, 6.07) is 2.77. The maximum absolute atomic E-state index is 13.8. The van der Waals surface area contributed by atoms with Gasteiger partial charge in [0.25, 0.3) is 0 Å². The molecule has 0 bridgehead atoms. The molecule has 1 saturated heterocycles. The van der Waals surface area contributed by atoms with Crippen molar-refractivity contribution < 1.29 is 18.7 Å². The number of esters is 1. The Hall–Kier alpha value is -1.62. The summed E-state index contributed by atoms with van der Waals surface area (Å²) in [5.41, 5.74) is 6.16. The highest BCUT2D eigenvalue weighted by molar-refractivity contribution is 5.91. The summed E-state index contributed by atoms with van der Waals surface area (Å²) < 4.78 is 24.4. The zero-order valence-electron chi connectivity index (χ0n) is 11.1. The Morgan fingerprint density at radius 3 is 2.89 bits per heavy atom. The minimum absolute atomic E-state index is 0.0934. The third-order valence-corrected chi connectivity index (χ3v) is 3.22. The number of nitrogen functional groups attached to an aromatic ring is 1. The monoisotopic (exact) mass is 267 g/mol. The van der Waals surface area contributed by atoms with E-state index in [2.05, 4.69) is 0 Å². The molecule has 0 spiro atoms. The second kappa shape index (κ2) is 5.57. The summed E-state index contributed by atoms with van der Waals surface area (Å²) in [7, 11) is 0. The fraction of sp³-hybridized carbons (Fsp3) is 0.500. The van der Waals surface area contributed by atoms with E-state index in [1.54, 1.807) is 6.92 Å². The Kier molecular flexibility index (Phi) is 4.04. The number of carbonyl (C=O) groups is 1. The first-order chi connectivity index (χ1) is 8.97. The summed E-state index contributed by atoms with van der Waals surface area (Å²) in [4.78, 5) is 11.8. The van der Waals surface area contributed by atoms with Gasteiger partial charge >= 0.3 is 5.97 Å². The fourth-order valence-electron chi connectivity index (χ4n) is 2.20. The average molecular weight is 267 g/mol. The highest BCUT2D eigenvalue weighted by Gasteiger charge is 2.24. The lowest BCUT2D eigenvalue weighted by atomic mass is 10.1. The van der Waals surface area contributed by atoms with Gasteiger partial charge in [0.15, 0.2) is 0 Å². The summed E-state index contributed by atoms with van der Waals surface area (Å²) in [6.07, 6.45) is 1.90. The Morgan fingerprint density at radius 2 is 2.26 bits per heavy atom. The van der Waals surface area contributed by atoms with Gasteiger partial charge in [-0.2, -0.15) is 0 Å². The minimum Gasteiger partial charge on any atom is -0.459 e. The second-order valence-electron chi connectivity index (χ2n) is 4.94. The van der Waals surface area contributed by atoms with Crippen molar-refractivity contribution in [2.75, 3.05) is 12.3 Å². The number of benzene rings is 1. The average Bonchev–Trinajstić information content (AvgIpc) is 2.76. The summed E-state index contributed by atoms with van der Waals surface area (Å²) in [6.45, 7) is 3.68. The molecule has 5 heteroatoms. The summed E-state index contributed by atoms with van der Waals surface area (Å²) in [5.74, 6) is -1.28. The van der Waals surface area contributed by atoms with Gasteiger partial charge in [-0.05, 0) is 44.4 Å². The van der Waals surface area contributed by atoms with Crippen LogP contribution in [-0.2, 0) is 9.47 Å². The van der Waals surface area contributed by atoms with Crippen molar-refractivity contribution >= 4 is 11.7 Å². The first-order valence-corrected chi connectivity index (χ1v) is 6.35. The van der Waals surface area contributed by atoms with E-state index < -0.39 is 11.8 Å². The molecule has 0 aromatic heterocycles. The SMILES string of the molecule is Cc1cc(N)cc(C(=O)OCC2CCC(C)O2)c1F. The molecule has 2 atom stereocenters. The zero-order chi connectivity index (χ0) is 14.0. The minimum atomic E-state index is -0.698. The van der Waals surface area contributed by atoms with Crippen LogP contribution in [-0.4, -0.2) is 24.8 Å². The lowest BCUT2D eigenvalue weighted by Crippen LogP contribution is -2.20. The molecular weight excluding hydrogens is 249 g/mol. The lowest BCUT2D eigenvalue weighted by molar-refractivity contribution is -0.00291. The van der Waals surface area contributed by atoms with Gasteiger partial charge in [0.05, 0.1) is 17.8 Å². The second-order valence-corrected chi connectivity index (χ2v) is 4.94.